The Morgan fingerprint density at radius 3 is 2.48 bits per heavy atom. The van der Waals surface area contributed by atoms with Gasteiger partial charge in [0.2, 0.25) is 0 Å². The van der Waals surface area contributed by atoms with Gasteiger partial charge in [-0.2, -0.15) is 0 Å². The summed E-state index contributed by atoms with van der Waals surface area (Å²) in [6.45, 7) is 10.4. The minimum absolute atomic E-state index is 0.0410. The lowest BCUT2D eigenvalue weighted by Crippen LogP contribution is -2.61. The molecule has 33 heavy (non-hydrogen) atoms. The van der Waals surface area contributed by atoms with Crippen molar-refractivity contribution in [3.8, 4) is 0 Å². The first-order chi connectivity index (χ1) is 15.5. The molecule has 3 fully saturated rings. The van der Waals surface area contributed by atoms with Crippen LogP contribution in [0.15, 0.2) is 24.3 Å². The first kappa shape index (κ1) is 25.3. The second-order valence-electron chi connectivity index (χ2n) is 11.8. The number of allylic oxidation sites excluding steroid dienone is 3. The van der Waals surface area contributed by atoms with Crippen LogP contribution in [-0.2, 0) is 9.47 Å². The summed E-state index contributed by atoms with van der Waals surface area (Å²) in [7, 11) is 0. The highest BCUT2D eigenvalue weighted by molar-refractivity contribution is 5.25. The highest BCUT2D eigenvalue weighted by atomic mass is 16.7. The van der Waals surface area contributed by atoms with Crippen molar-refractivity contribution in [1.82, 2.24) is 0 Å². The smallest absolute Gasteiger partial charge is 0.186 e. The van der Waals surface area contributed by atoms with Crippen molar-refractivity contribution < 1.29 is 35.0 Å². The topological polar surface area (TPSA) is 120 Å². The van der Waals surface area contributed by atoms with Gasteiger partial charge in [-0.25, -0.2) is 0 Å². The van der Waals surface area contributed by atoms with Gasteiger partial charge in [0.15, 0.2) is 6.29 Å². The van der Waals surface area contributed by atoms with E-state index in [9.17, 15) is 25.5 Å². The van der Waals surface area contributed by atoms with Crippen molar-refractivity contribution >= 4 is 0 Å². The number of aliphatic hydroxyl groups is 5. The lowest BCUT2D eigenvalue weighted by molar-refractivity contribution is -0.312. The van der Waals surface area contributed by atoms with Crippen molar-refractivity contribution in [2.75, 3.05) is 13.2 Å². The molecule has 0 aromatic carbocycles. The Labute approximate surface area is 197 Å². The van der Waals surface area contributed by atoms with Gasteiger partial charge in [-0.3, -0.25) is 0 Å². The van der Waals surface area contributed by atoms with E-state index in [0.29, 0.717) is 12.3 Å². The quantitative estimate of drug-likeness (QED) is 0.393. The molecular formula is C26H42O7. The van der Waals surface area contributed by atoms with E-state index in [-0.39, 0.29) is 23.4 Å². The van der Waals surface area contributed by atoms with E-state index >= 15 is 0 Å². The molecule has 7 heteroatoms. The number of fused-ring (bicyclic) bond motifs is 3. The maximum Gasteiger partial charge on any atom is 0.186 e. The average molecular weight is 467 g/mol. The van der Waals surface area contributed by atoms with Crippen LogP contribution in [0.3, 0.4) is 0 Å². The first-order valence-electron chi connectivity index (χ1n) is 12.4. The van der Waals surface area contributed by atoms with Crippen LogP contribution in [0.4, 0.5) is 0 Å². The number of ether oxygens (including phenoxy) is 2. The molecule has 0 aromatic rings. The molecule has 7 nitrogen and oxygen atoms in total. The van der Waals surface area contributed by atoms with Gasteiger partial charge in [-0.15, -0.1) is 6.58 Å². The molecule has 0 amide bonds. The Hall–Kier alpha value is -0.800. The summed E-state index contributed by atoms with van der Waals surface area (Å²) in [6.07, 6.45) is 3.17. The van der Waals surface area contributed by atoms with Gasteiger partial charge in [0.05, 0.1) is 19.3 Å². The van der Waals surface area contributed by atoms with Crippen LogP contribution >= 0.6 is 0 Å². The summed E-state index contributed by atoms with van der Waals surface area (Å²) in [5.74, 6) is 0.670. The van der Waals surface area contributed by atoms with Crippen LogP contribution in [-0.4, -0.2) is 75.6 Å². The second-order valence-corrected chi connectivity index (χ2v) is 11.8. The summed E-state index contributed by atoms with van der Waals surface area (Å²) in [5.41, 5.74) is 1.15. The molecule has 188 valence electrons. The number of hydrogen-bond donors (Lipinski definition) is 5. The van der Waals surface area contributed by atoms with Gasteiger partial charge in [0.25, 0.3) is 0 Å². The van der Waals surface area contributed by atoms with Gasteiger partial charge < -0.3 is 35.0 Å². The van der Waals surface area contributed by atoms with Gasteiger partial charge >= 0.3 is 0 Å². The highest BCUT2D eigenvalue weighted by Crippen LogP contribution is 2.63. The van der Waals surface area contributed by atoms with Gasteiger partial charge in [-0.1, -0.05) is 38.5 Å². The fraction of sp³-hybridized carbons (Fsp3) is 0.846. The summed E-state index contributed by atoms with van der Waals surface area (Å²) < 4.78 is 11.5. The Balaban J connectivity index is 1.54. The van der Waals surface area contributed by atoms with Gasteiger partial charge in [0, 0.05) is 5.41 Å². The van der Waals surface area contributed by atoms with Crippen LogP contribution in [0.1, 0.15) is 59.3 Å². The third-order valence-corrected chi connectivity index (χ3v) is 9.68. The van der Waals surface area contributed by atoms with Crippen LogP contribution in [0.2, 0.25) is 0 Å². The largest absolute Gasteiger partial charge is 0.394 e. The Morgan fingerprint density at radius 1 is 1.09 bits per heavy atom. The molecule has 1 saturated heterocycles. The predicted octanol–water partition coefficient (Wildman–Crippen LogP) is 1.91. The molecule has 4 rings (SSSR count). The zero-order valence-electron chi connectivity index (χ0n) is 20.2. The minimum atomic E-state index is -1.48. The Morgan fingerprint density at radius 2 is 1.82 bits per heavy atom. The monoisotopic (exact) mass is 466 g/mol. The first-order valence-corrected chi connectivity index (χ1v) is 12.4. The zero-order valence-corrected chi connectivity index (χ0v) is 20.2. The van der Waals surface area contributed by atoms with E-state index in [1.54, 1.807) is 0 Å². The van der Waals surface area contributed by atoms with E-state index in [2.05, 4.69) is 39.5 Å². The van der Waals surface area contributed by atoms with Crippen LogP contribution < -0.4 is 0 Å². The molecule has 3 aliphatic carbocycles. The van der Waals surface area contributed by atoms with Crippen molar-refractivity contribution in [2.45, 2.75) is 96.1 Å². The maximum atomic E-state index is 11.1. The molecule has 1 heterocycles. The molecule has 5 N–H and O–H groups in total. The van der Waals surface area contributed by atoms with E-state index < -0.39 is 48.8 Å². The third kappa shape index (κ3) is 4.14. The van der Waals surface area contributed by atoms with Crippen molar-refractivity contribution in [2.24, 2.45) is 28.1 Å². The molecule has 0 unspecified atom stereocenters. The van der Waals surface area contributed by atoms with Crippen molar-refractivity contribution in [3.05, 3.63) is 24.3 Å². The van der Waals surface area contributed by atoms with Crippen LogP contribution in [0, 0.1) is 28.1 Å². The molecule has 0 spiro atoms. The SMILES string of the molecule is C=C[C@@]1(C)CC[C@H]2C(=CC[C@@H]3[C@]2(C)CC[C@H](O)[C@]3(C)CO[C@@H]2O[C@H](CO)[C@@H](O)[C@H](O)[C@@H]2O)C1. The Kier molecular flexibility index (Phi) is 6.91. The molecule has 11 atom stereocenters. The number of rotatable bonds is 5. The summed E-state index contributed by atoms with van der Waals surface area (Å²) in [6, 6.07) is 0. The molecule has 1 aliphatic heterocycles. The zero-order chi connectivity index (χ0) is 24.2. The van der Waals surface area contributed by atoms with Gasteiger partial charge in [-0.05, 0) is 61.2 Å². The van der Waals surface area contributed by atoms with Crippen molar-refractivity contribution in [1.29, 1.82) is 0 Å². The normalized spacial score (nSPS) is 52.4. The summed E-state index contributed by atoms with van der Waals surface area (Å²) in [4.78, 5) is 0. The van der Waals surface area contributed by atoms with Crippen LogP contribution in [0.25, 0.3) is 0 Å². The van der Waals surface area contributed by atoms with Crippen molar-refractivity contribution in [3.63, 3.8) is 0 Å². The molecule has 4 aliphatic rings. The summed E-state index contributed by atoms with van der Waals surface area (Å²) >= 11 is 0. The fourth-order valence-corrected chi connectivity index (χ4v) is 7.30. The molecule has 0 aromatic heterocycles. The van der Waals surface area contributed by atoms with E-state index in [4.69, 9.17) is 9.47 Å². The lowest BCUT2D eigenvalue weighted by Gasteiger charge is -2.61. The van der Waals surface area contributed by atoms with E-state index in [1.165, 1.54) is 5.57 Å². The predicted molar refractivity (Wildman–Crippen MR) is 123 cm³/mol. The van der Waals surface area contributed by atoms with E-state index in [0.717, 1.165) is 32.1 Å². The lowest BCUT2D eigenvalue weighted by atomic mass is 9.45. The molecule has 2 saturated carbocycles. The minimum Gasteiger partial charge on any atom is -0.394 e. The van der Waals surface area contributed by atoms with Gasteiger partial charge in [0.1, 0.15) is 24.4 Å². The Bertz CT molecular complexity index is 768. The third-order valence-electron chi connectivity index (χ3n) is 9.68. The van der Waals surface area contributed by atoms with Crippen LogP contribution in [0.5, 0.6) is 0 Å². The fourth-order valence-electron chi connectivity index (χ4n) is 7.30. The highest BCUT2D eigenvalue weighted by Gasteiger charge is 2.59. The number of hydrogen-bond acceptors (Lipinski definition) is 7. The van der Waals surface area contributed by atoms with E-state index in [1.807, 2.05) is 0 Å². The second kappa shape index (κ2) is 9.01. The molecule has 0 radical (unpaired) electrons. The summed E-state index contributed by atoms with van der Waals surface area (Å²) in [5, 5.41) is 51.1. The molecular weight excluding hydrogens is 424 g/mol. The number of aliphatic hydroxyl groups excluding tert-OH is 5. The molecule has 0 bridgehead atoms. The standard InChI is InChI=1S/C26H42O7/c1-5-24(2)10-8-16-15(12-24)6-7-18-25(16,3)11-9-19(28)26(18,4)14-32-23-22(31)21(30)20(29)17(13-27)33-23/h5-6,16-23,27-31H,1,7-14H2,2-4H3/t16-,17+,18+,19-,20+,21-,22-,23+,24-,25+,26+/m0/s1. The maximum absolute atomic E-state index is 11.1. The average Bonchev–Trinajstić information content (AvgIpc) is 2.80.